The number of hydrogen-bond acceptors (Lipinski definition) is 6. The van der Waals surface area contributed by atoms with E-state index < -0.39 is 0 Å². The van der Waals surface area contributed by atoms with Gasteiger partial charge in [-0.3, -0.25) is 4.40 Å². The molecule has 0 aliphatic carbocycles. The quantitative estimate of drug-likeness (QED) is 0.478. The average Bonchev–Trinajstić information content (AvgIpc) is 3.49. The highest BCUT2D eigenvalue weighted by molar-refractivity contribution is 6.32. The van der Waals surface area contributed by atoms with Crippen molar-refractivity contribution in [3.63, 3.8) is 0 Å². The van der Waals surface area contributed by atoms with Crippen molar-refractivity contribution in [3.8, 4) is 11.3 Å². The molecule has 0 radical (unpaired) electrons. The SMILES string of the molecule is CCOC(=O)N1CCc2nc3c(N4CCOCC4)nc(-c4ccc5[nH]ccc5c4)c(Cl)n3c2C1. The topological polar surface area (TPSA) is 88.0 Å². The van der Waals surface area contributed by atoms with Gasteiger partial charge in [0.2, 0.25) is 0 Å². The number of aromatic amines is 1. The van der Waals surface area contributed by atoms with E-state index in [4.69, 9.17) is 31.0 Å². The minimum Gasteiger partial charge on any atom is -0.450 e. The van der Waals surface area contributed by atoms with Gasteiger partial charge in [0.1, 0.15) is 10.8 Å². The lowest BCUT2D eigenvalue weighted by molar-refractivity contribution is 0.102. The molecule has 9 nitrogen and oxygen atoms in total. The third kappa shape index (κ3) is 3.47. The van der Waals surface area contributed by atoms with Crippen molar-refractivity contribution < 1.29 is 14.3 Å². The largest absolute Gasteiger partial charge is 0.450 e. The smallest absolute Gasteiger partial charge is 0.410 e. The Morgan fingerprint density at radius 1 is 1.21 bits per heavy atom. The van der Waals surface area contributed by atoms with E-state index in [1.807, 2.05) is 35.7 Å². The summed E-state index contributed by atoms with van der Waals surface area (Å²) in [6, 6.07) is 8.18. The van der Waals surface area contributed by atoms with Crippen LogP contribution in [0.5, 0.6) is 0 Å². The van der Waals surface area contributed by atoms with Gasteiger partial charge < -0.3 is 24.3 Å². The van der Waals surface area contributed by atoms with Crippen molar-refractivity contribution in [1.29, 1.82) is 0 Å². The fourth-order valence-electron chi connectivity index (χ4n) is 4.77. The first-order chi connectivity index (χ1) is 16.6. The molecule has 0 unspecified atom stereocenters. The van der Waals surface area contributed by atoms with Crippen LogP contribution in [0.3, 0.4) is 0 Å². The Hall–Kier alpha value is -3.30. The van der Waals surface area contributed by atoms with Gasteiger partial charge in [-0.2, -0.15) is 0 Å². The molecule has 2 aliphatic rings. The Bertz CT molecular complexity index is 1390. The van der Waals surface area contributed by atoms with Crippen LogP contribution in [0.25, 0.3) is 27.8 Å². The zero-order chi connectivity index (χ0) is 23.2. The Morgan fingerprint density at radius 3 is 2.88 bits per heavy atom. The minimum absolute atomic E-state index is 0.320. The van der Waals surface area contributed by atoms with Crippen molar-refractivity contribution in [1.82, 2.24) is 24.3 Å². The molecule has 1 amide bonds. The molecular weight excluding hydrogens is 456 g/mol. The second-order valence-electron chi connectivity index (χ2n) is 8.49. The molecule has 6 rings (SSSR count). The van der Waals surface area contributed by atoms with Crippen LogP contribution in [0.4, 0.5) is 10.6 Å². The Labute approximate surface area is 201 Å². The molecule has 1 N–H and O–H groups in total. The maximum Gasteiger partial charge on any atom is 0.410 e. The predicted octanol–water partition coefficient (Wildman–Crippen LogP) is 3.88. The van der Waals surface area contributed by atoms with E-state index in [1.54, 1.807) is 4.90 Å². The maximum atomic E-state index is 12.5. The summed E-state index contributed by atoms with van der Waals surface area (Å²) in [5.41, 5.74) is 5.23. The van der Waals surface area contributed by atoms with Crippen molar-refractivity contribution in [2.75, 3.05) is 44.4 Å². The summed E-state index contributed by atoms with van der Waals surface area (Å²) in [7, 11) is 0. The van der Waals surface area contributed by atoms with Crippen LogP contribution >= 0.6 is 11.6 Å². The highest BCUT2D eigenvalue weighted by Gasteiger charge is 2.30. The van der Waals surface area contributed by atoms with Gasteiger partial charge in [-0.1, -0.05) is 17.7 Å². The molecule has 1 fully saturated rings. The highest BCUT2D eigenvalue weighted by atomic mass is 35.5. The number of hydrogen-bond donors (Lipinski definition) is 1. The number of imidazole rings is 1. The highest BCUT2D eigenvalue weighted by Crippen LogP contribution is 2.36. The molecule has 176 valence electrons. The number of nitrogens with one attached hydrogen (secondary N) is 1. The molecule has 0 saturated carbocycles. The summed E-state index contributed by atoms with van der Waals surface area (Å²) in [4.78, 5) is 29.6. The summed E-state index contributed by atoms with van der Waals surface area (Å²) in [5.74, 6) is 0.786. The number of morpholine rings is 1. The number of ether oxygens (including phenoxy) is 2. The van der Waals surface area contributed by atoms with Gasteiger partial charge in [-0.15, -0.1) is 0 Å². The summed E-state index contributed by atoms with van der Waals surface area (Å²) >= 11 is 7.05. The molecular formula is C24H25ClN6O3. The van der Waals surface area contributed by atoms with E-state index in [0.717, 1.165) is 46.8 Å². The van der Waals surface area contributed by atoms with Crippen molar-refractivity contribution in [2.45, 2.75) is 19.9 Å². The first kappa shape index (κ1) is 21.2. The van der Waals surface area contributed by atoms with E-state index in [0.29, 0.717) is 55.8 Å². The number of carbonyl (C=O) groups excluding carboxylic acids is 1. The van der Waals surface area contributed by atoms with Gasteiger partial charge in [-0.05, 0) is 25.1 Å². The number of carbonyl (C=O) groups is 1. The summed E-state index contributed by atoms with van der Waals surface area (Å²) in [6.07, 6.45) is 2.24. The van der Waals surface area contributed by atoms with Crippen molar-refractivity contribution >= 4 is 40.1 Å². The summed E-state index contributed by atoms with van der Waals surface area (Å²) < 4.78 is 12.8. The van der Waals surface area contributed by atoms with Crippen molar-refractivity contribution in [2.24, 2.45) is 0 Å². The van der Waals surface area contributed by atoms with Crippen LogP contribution in [0.15, 0.2) is 30.5 Å². The van der Waals surface area contributed by atoms with Crippen molar-refractivity contribution in [3.05, 3.63) is 47.0 Å². The number of halogens is 1. The third-order valence-electron chi connectivity index (χ3n) is 6.49. The summed E-state index contributed by atoms with van der Waals surface area (Å²) in [5, 5.41) is 1.57. The number of nitrogens with zero attached hydrogens (tertiary/aromatic N) is 5. The van der Waals surface area contributed by atoms with E-state index in [-0.39, 0.29) is 6.09 Å². The first-order valence-electron chi connectivity index (χ1n) is 11.6. The zero-order valence-corrected chi connectivity index (χ0v) is 19.6. The molecule has 0 spiro atoms. The Morgan fingerprint density at radius 2 is 2.06 bits per heavy atom. The van der Waals surface area contributed by atoms with Gasteiger partial charge in [-0.25, -0.2) is 14.8 Å². The van der Waals surface area contributed by atoms with Crippen LogP contribution in [0, 0.1) is 0 Å². The predicted molar refractivity (Wildman–Crippen MR) is 129 cm³/mol. The fraction of sp³-hybridized carbons (Fsp3) is 0.375. The number of aromatic nitrogens is 4. The molecule has 0 atom stereocenters. The van der Waals surface area contributed by atoms with Crippen LogP contribution in [0.2, 0.25) is 5.15 Å². The van der Waals surface area contributed by atoms with Gasteiger partial charge in [0.15, 0.2) is 11.5 Å². The molecule has 0 bridgehead atoms. The van der Waals surface area contributed by atoms with Gasteiger partial charge in [0.05, 0.1) is 37.8 Å². The van der Waals surface area contributed by atoms with E-state index in [1.165, 1.54) is 0 Å². The molecule has 5 heterocycles. The Kier molecular flexibility index (Phi) is 5.30. The monoisotopic (exact) mass is 480 g/mol. The molecule has 1 aromatic carbocycles. The average molecular weight is 481 g/mol. The first-order valence-corrected chi connectivity index (χ1v) is 11.9. The fourth-order valence-corrected chi connectivity index (χ4v) is 5.11. The maximum absolute atomic E-state index is 12.5. The number of fused-ring (bicyclic) bond motifs is 4. The van der Waals surface area contributed by atoms with Crippen LogP contribution in [0.1, 0.15) is 18.3 Å². The van der Waals surface area contributed by atoms with Crippen LogP contribution in [-0.4, -0.2) is 69.8 Å². The number of H-pyrrole nitrogens is 1. The number of benzene rings is 1. The minimum atomic E-state index is -0.320. The zero-order valence-electron chi connectivity index (χ0n) is 18.9. The standard InChI is InChI=1S/C24H25ClN6O3/c1-2-34-24(32)30-8-6-18-19(14-30)31-21(25)20(16-3-4-17-15(13-16)5-7-26-17)28-22(23(31)27-18)29-9-11-33-12-10-29/h3-5,7,13,26H,2,6,8-12,14H2,1H3. The van der Waals surface area contributed by atoms with Crippen LogP contribution < -0.4 is 4.90 Å². The number of amides is 1. The second-order valence-corrected chi connectivity index (χ2v) is 8.85. The lowest BCUT2D eigenvalue weighted by Gasteiger charge is -2.29. The normalized spacial score (nSPS) is 16.3. The van der Waals surface area contributed by atoms with E-state index >= 15 is 0 Å². The van der Waals surface area contributed by atoms with Gasteiger partial charge in [0, 0.05) is 48.7 Å². The van der Waals surface area contributed by atoms with E-state index in [2.05, 4.69) is 16.0 Å². The molecule has 3 aromatic heterocycles. The lowest BCUT2D eigenvalue weighted by atomic mass is 10.1. The number of anilines is 1. The van der Waals surface area contributed by atoms with E-state index in [9.17, 15) is 4.79 Å². The lowest BCUT2D eigenvalue weighted by Crippen LogP contribution is -2.37. The van der Waals surface area contributed by atoms with Gasteiger partial charge >= 0.3 is 6.09 Å². The van der Waals surface area contributed by atoms with Gasteiger partial charge in [0.25, 0.3) is 0 Å². The van der Waals surface area contributed by atoms with Crippen LogP contribution in [-0.2, 0) is 22.4 Å². The molecule has 34 heavy (non-hydrogen) atoms. The molecule has 1 saturated heterocycles. The molecule has 10 heteroatoms. The third-order valence-corrected chi connectivity index (χ3v) is 6.84. The number of rotatable bonds is 3. The molecule has 2 aliphatic heterocycles. The summed E-state index contributed by atoms with van der Waals surface area (Å²) in [6.45, 7) is 5.83. The molecule has 4 aromatic rings. The Balaban J connectivity index is 1.54. The second kappa shape index (κ2) is 8.48.